The highest BCUT2D eigenvalue weighted by Gasteiger charge is 2.09. The Hall–Kier alpha value is -9.10. The molecule has 0 heteroatoms. The van der Waals surface area contributed by atoms with E-state index in [2.05, 4.69) is 388 Å². The van der Waals surface area contributed by atoms with Gasteiger partial charge in [0.1, 0.15) is 0 Å². The van der Waals surface area contributed by atoms with Crippen molar-refractivity contribution in [3.8, 4) is 22.3 Å². The van der Waals surface area contributed by atoms with Crippen LogP contribution in [0.3, 0.4) is 0 Å². The zero-order valence-corrected chi connectivity index (χ0v) is 66.9. The van der Waals surface area contributed by atoms with Crippen LogP contribution in [-0.4, -0.2) is 0 Å². The SMILES string of the molecule is C.C.C.C.C.C.C.C.Cc1cc(C)c(C)cc1C.Cc1cc2cc(C)c(C)cc2cc1C.Cc1ccc(-c2ccc(C)c(C)c2)cc1C.Cc1ccc(-c2cccc(C)c2C)cc1C.Cc1ccc(C)c(C)c1C.Cc1ccc(Cc2ccc(C)c(C)c2)cc1C.Cc1ccc(Cc2cccc(C)c2C)cc1C. The highest BCUT2D eigenvalue weighted by atomic mass is 14.1. The molecule has 0 atom stereocenters. The van der Waals surface area contributed by atoms with Gasteiger partial charge in [0, 0.05) is 0 Å². The monoisotopic (exact) mass is 1450 g/mol. The lowest BCUT2D eigenvalue weighted by molar-refractivity contribution is 1.12. The van der Waals surface area contributed by atoms with Gasteiger partial charge in [-0.15, -0.1) is 0 Å². The highest BCUT2D eigenvalue weighted by Crippen LogP contribution is 2.29. The van der Waals surface area contributed by atoms with Gasteiger partial charge < -0.3 is 0 Å². The predicted molar refractivity (Wildman–Crippen MR) is 498 cm³/mol. The van der Waals surface area contributed by atoms with Gasteiger partial charge in [-0.05, 0) is 418 Å². The first-order valence-electron chi connectivity index (χ1n) is 36.2. The summed E-state index contributed by atoms with van der Waals surface area (Å²) in [4.78, 5) is 0. The zero-order chi connectivity index (χ0) is 74.0. The molecule has 0 heterocycles. The minimum Gasteiger partial charge on any atom is -0.0776 e. The van der Waals surface area contributed by atoms with Crippen LogP contribution in [0.15, 0.2) is 194 Å². The number of rotatable bonds is 6. The second kappa shape index (κ2) is 47.6. The van der Waals surface area contributed by atoms with Crippen molar-refractivity contribution in [3.63, 3.8) is 0 Å². The van der Waals surface area contributed by atoms with Gasteiger partial charge in [0.2, 0.25) is 0 Å². The fourth-order valence-electron chi connectivity index (χ4n) is 12.0. The molecule has 0 aliphatic carbocycles. The maximum Gasteiger partial charge on any atom is -0.00229 e. The van der Waals surface area contributed by atoms with Crippen molar-refractivity contribution in [1.29, 1.82) is 0 Å². The van der Waals surface area contributed by atoms with Gasteiger partial charge in [0.25, 0.3) is 0 Å². The summed E-state index contributed by atoms with van der Waals surface area (Å²) in [6.45, 7) is 60.7. The molecule has 584 valence electrons. The minimum atomic E-state index is 0. The highest BCUT2D eigenvalue weighted by molar-refractivity contribution is 5.85. The minimum absolute atomic E-state index is 0. The summed E-state index contributed by atoms with van der Waals surface area (Å²) >= 11 is 0. The molecule has 0 amide bonds. The van der Waals surface area contributed by atoms with Crippen LogP contribution >= 0.6 is 0 Å². The average Bonchev–Trinajstić information content (AvgIpc) is 0.812. The molecule has 0 aliphatic rings. The van der Waals surface area contributed by atoms with Gasteiger partial charge in [0.15, 0.2) is 0 Å². The summed E-state index contributed by atoms with van der Waals surface area (Å²) in [6.07, 6.45) is 2.07. The molecule has 12 rings (SSSR count). The smallest absolute Gasteiger partial charge is 0.00229 e. The van der Waals surface area contributed by atoms with Gasteiger partial charge in [-0.25, -0.2) is 0 Å². The molecule has 0 aliphatic heterocycles. The van der Waals surface area contributed by atoms with Crippen LogP contribution in [0.4, 0.5) is 0 Å². The average molecular weight is 1450 g/mol. The summed E-state index contributed by atoms with van der Waals surface area (Å²) in [7, 11) is 0. The second-order valence-electron chi connectivity index (χ2n) is 29.3. The van der Waals surface area contributed by atoms with E-state index in [1.165, 1.54) is 211 Å². The molecule has 0 spiro atoms. The molecule has 0 nitrogen and oxygen atoms in total. The fraction of sp³-hybridized carbons (Fsp3) is 0.352. The number of benzene rings is 12. The molecular weight excluding hydrogens is 1300 g/mol. The van der Waals surface area contributed by atoms with E-state index in [9.17, 15) is 0 Å². The van der Waals surface area contributed by atoms with Crippen LogP contribution in [0.5, 0.6) is 0 Å². The third kappa shape index (κ3) is 29.5. The Morgan fingerprint density at radius 3 is 0.704 bits per heavy atom. The Labute approximate surface area is 667 Å². The maximum atomic E-state index is 2.30. The Morgan fingerprint density at radius 2 is 0.389 bits per heavy atom. The molecule has 0 fully saturated rings. The first-order valence-corrected chi connectivity index (χ1v) is 36.2. The standard InChI is InChI=1S/2C17H20.2C16H18.C14H16.2C10H14.8CH4/c1-12-5-7-16(9-14(12)3)11-17-8-6-13(2)15(4)10-17;1-12-8-9-16(10-14(12)3)11-17-7-5-6-13(2)15(17)4;1-11-5-7-15(9-13(11)3)16-8-6-12(2)14(4)10-16;1-11-8-9-15(10-13(11)3)16-7-5-6-12(2)14(16)4;1-9-5-13-7-11(3)12(4)8-14(13)6-10(9)2;1-7-5-9(3)10(4)6-8(7)2;1-7-5-6-8(2)10(4)9(7)3;;;;;;;;/h2*5-10H,11H2,1-4H3;2*5-10H,1-4H3;5-8H,1-4H3;2*5-6H,1-4H3;8*1H4. The third-order valence-corrected chi connectivity index (χ3v) is 21.5. The summed E-state index contributed by atoms with van der Waals surface area (Å²) < 4.78 is 0. The first-order chi connectivity index (χ1) is 47.1. The van der Waals surface area contributed by atoms with E-state index < -0.39 is 0 Å². The van der Waals surface area contributed by atoms with Crippen molar-refractivity contribution in [1.82, 2.24) is 0 Å². The van der Waals surface area contributed by atoms with Crippen molar-refractivity contribution in [3.05, 3.63) is 372 Å². The number of hydrogen-bond donors (Lipinski definition) is 0. The summed E-state index contributed by atoms with van der Waals surface area (Å²) in [6, 6.07) is 71.3. The van der Waals surface area contributed by atoms with Gasteiger partial charge in [0.05, 0.1) is 0 Å². The van der Waals surface area contributed by atoms with E-state index in [0.29, 0.717) is 0 Å². The van der Waals surface area contributed by atoms with E-state index in [-0.39, 0.29) is 59.4 Å². The fourth-order valence-corrected chi connectivity index (χ4v) is 12.0. The van der Waals surface area contributed by atoms with Crippen LogP contribution in [-0.2, 0) is 12.8 Å². The topological polar surface area (TPSA) is 0 Å². The van der Waals surface area contributed by atoms with Gasteiger partial charge in [-0.2, -0.15) is 0 Å². The number of hydrogen-bond acceptors (Lipinski definition) is 0. The van der Waals surface area contributed by atoms with Crippen LogP contribution in [0.25, 0.3) is 33.0 Å². The molecule has 0 saturated heterocycles. The molecule has 0 radical (unpaired) electrons. The summed E-state index contributed by atoms with van der Waals surface area (Å²) in [5.41, 5.74) is 49.6. The number of fused-ring (bicyclic) bond motifs is 1. The molecular formula is C108H152. The molecule has 0 aromatic heterocycles. The first kappa shape index (κ1) is 103. The van der Waals surface area contributed by atoms with Gasteiger partial charge >= 0.3 is 0 Å². The largest absolute Gasteiger partial charge is 0.0776 e. The second-order valence-corrected chi connectivity index (χ2v) is 29.3. The molecule has 0 saturated carbocycles. The normalized spacial score (nSPS) is 9.70. The molecule has 0 bridgehead atoms. The third-order valence-electron chi connectivity index (χ3n) is 21.5. The van der Waals surface area contributed by atoms with E-state index in [4.69, 9.17) is 0 Å². The zero-order valence-electron chi connectivity index (χ0n) is 66.9. The van der Waals surface area contributed by atoms with Crippen LogP contribution in [0, 0.1) is 194 Å². The van der Waals surface area contributed by atoms with Crippen LogP contribution < -0.4 is 0 Å². The van der Waals surface area contributed by atoms with Gasteiger partial charge in [-0.1, -0.05) is 254 Å². The van der Waals surface area contributed by atoms with E-state index >= 15 is 0 Å². The summed E-state index contributed by atoms with van der Waals surface area (Å²) in [5, 5.41) is 2.72. The van der Waals surface area contributed by atoms with Crippen molar-refractivity contribution >= 4 is 10.8 Å². The van der Waals surface area contributed by atoms with Crippen LogP contribution in [0.1, 0.15) is 237 Å². The molecule has 108 heavy (non-hydrogen) atoms. The Bertz CT molecular complexity index is 4510. The lowest BCUT2D eigenvalue weighted by Gasteiger charge is -2.10. The maximum absolute atomic E-state index is 2.30. The number of aryl methyl sites for hydroxylation is 24. The van der Waals surface area contributed by atoms with Crippen molar-refractivity contribution in [2.45, 2.75) is 266 Å². The van der Waals surface area contributed by atoms with Crippen molar-refractivity contribution < 1.29 is 0 Å². The quantitative estimate of drug-likeness (QED) is 0.156. The van der Waals surface area contributed by atoms with E-state index in [1.54, 1.807) is 0 Å². The van der Waals surface area contributed by atoms with Crippen molar-refractivity contribution in [2.75, 3.05) is 0 Å². The van der Waals surface area contributed by atoms with Crippen molar-refractivity contribution in [2.24, 2.45) is 0 Å². The predicted octanol–water partition coefficient (Wildman–Crippen LogP) is 33.2. The Kier molecular flexibility index (Phi) is 45.5. The van der Waals surface area contributed by atoms with E-state index in [1.807, 2.05) is 0 Å². The summed E-state index contributed by atoms with van der Waals surface area (Å²) in [5.74, 6) is 0. The van der Waals surface area contributed by atoms with E-state index in [0.717, 1.165) is 12.8 Å². The Balaban J connectivity index is -0.00000119. The molecule has 12 aromatic carbocycles. The van der Waals surface area contributed by atoms with Crippen LogP contribution in [0.2, 0.25) is 0 Å². The Morgan fingerprint density at radius 1 is 0.157 bits per heavy atom. The molecule has 12 aromatic rings. The lowest BCUT2D eigenvalue weighted by Crippen LogP contribution is -1.95. The molecule has 0 N–H and O–H groups in total. The molecule has 0 unspecified atom stereocenters. The lowest BCUT2D eigenvalue weighted by atomic mass is 9.95. The van der Waals surface area contributed by atoms with Gasteiger partial charge in [-0.3, -0.25) is 0 Å².